The summed E-state index contributed by atoms with van der Waals surface area (Å²) in [7, 11) is 1.93. The van der Waals surface area contributed by atoms with Crippen molar-refractivity contribution in [3.8, 4) is 21.8 Å². The van der Waals surface area contributed by atoms with Gasteiger partial charge >= 0.3 is 0 Å². The molecule has 2 aromatic heterocycles. The van der Waals surface area contributed by atoms with Crippen LogP contribution in [0.1, 0.15) is 13.3 Å². The van der Waals surface area contributed by atoms with E-state index in [2.05, 4.69) is 15.3 Å². The summed E-state index contributed by atoms with van der Waals surface area (Å²) in [5.74, 6) is -0.0408. The van der Waals surface area contributed by atoms with Gasteiger partial charge in [-0.25, -0.2) is 9.97 Å². The van der Waals surface area contributed by atoms with E-state index in [9.17, 15) is 4.79 Å². The van der Waals surface area contributed by atoms with Crippen molar-refractivity contribution in [3.63, 3.8) is 0 Å². The van der Waals surface area contributed by atoms with Gasteiger partial charge in [-0.2, -0.15) is 0 Å². The summed E-state index contributed by atoms with van der Waals surface area (Å²) in [5.41, 5.74) is 2.71. The van der Waals surface area contributed by atoms with Crippen LogP contribution in [-0.2, 0) is 11.8 Å². The first-order chi connectivity index (χ1) is 10.7. The third-order valence-corrected chi connectivity index (χ3v) is 4.17. The van der Waals surface area contributed by atoms with E-state index in [1.54, 1.807) is 6.33 Å². The molecule has 0 unspecified atom stereocenters. The molecular weight excluding hydrogens is 296 g/mol. The van der Waals surface area contributed by atoms with E-state index in [0.29, 0.717) is 11.6 Å². The average Bonchev–Trinajstić information content (AvgIpc) is 3.14. The van der Waals surface area contributed by atoms with Crippen LogP contribution in [0.3, 0.4) is 0 Å². The molecule has 22 heavy (non-hydrogen) atoms. The van der Waals surface area contributed by atoms with Crippen LogP contribution in [-0.4, -0.2) is 20.4 Å². The smallest absolute Gasteiger partial charge is 0.225 e. The Morgan fingerprint density at radius 3 is 2.73 bits per heavy atom. The molecule has 0 atom stereocenters. The Morgan fingerprint density at radius 2 is 2.09 bits per heavy atom. The monoisotopic (exact) mass is 312 g/mol. The van der Waals surface area contributed by atoms with Crippen LogP contribution in [0, 0.1) is 0 Å². The number of rotatable bonds is 4. The second-order valence-electron chi connectivity index (χ2n) is 4.89. The van der Waals surface area contributed by atoms with E-state index in [0.717, 1.165) is 21.8 Å². The number of hydrogen-bond donors (Lipinski definition) is 1. The predicted octanol–water partition coefficient (Wildman–Crippen LogP) is 3.56. The molecule has 1 N–H and O–H groups in total. The number of amides is 1. The van der Waals surface area contributed by atoms with Crippen LogP contribution in [0.25, 0.3) is 21.8 Å². The number of anilines is 1. The minimum absolute atomic E-state index is 0.0408. The van der Waals surface area contributed by atoms with E-state index in [1.807, 2.05) is 55.1 Å². The Balaban J connectivity index is 2.08. The summed E-state index contributed by atoms with van der Waals surface area (Å²) in [6, 6.07) is 9.93. The van der Waals surface area contributed by atoms with Gasteiger partial charge in [-0.3, -0.25) is 4.79 Å². The summed E-state index contributed by atoms with van der Waals surface area (Å²) in [6.45, 7) is 1.82. The van der Waals surface area contributed by atoms with Gasteiger partial charge in [0.1, 0.15) is 5.69 Å². The van der Waals surface area contributed by atoms with Crippen LogP contribution in [0.15, 0.2) is 42.9 Å². The maximum atomic E-state index is 11.6. The number of imidazole rings is 1. The van der Waals surface area contributed by atoms with Crippen molar-refractivity contribution in [3.05, 3.63) is 42.9 Å². The van der Waals surface area contributed by atoms with Gasteiger partial charge in [-0.05, 0) is 0 Å². The summed E-state index contributed by atoms with van der Waals surface area (Å²) < 4.78 is 1.90. The molecule has 112 valence electrons. The Bertz CT molecular complexity index is 792. The maximum Gasteiger partial charge on any atom is 0.225 e. The highest BCUT2D eigenvalue weighted by Gasteiger charge is 2.17. The first-order valence-corrected chi connectivity index (χ1v) is 7.83. The summed E-state index contributed by atoms with van der Waals surface area (Å²) in [4.78, 5) is 21.6. The molecule has 0 aliphatic heterocycles. The van der Waals surface area contributed by atoms with Gasteiger partial charge in [0.2, 0.25) is 5.91 Å². The van der Waals surface area contributed by atoms with E-state index in [4.69, 9.17) is 0 Å². The van der Waals surface area contributed by atoms with E-state index in [1.165, 1.54) is 11.3 Å². The van der Waals surface area contributed by atoms with Gasteiger partial charge in [0.25, 0.3) is 0 Å². The molecule has 0 spiro atoms. The number of carbonyl (C=O) groups is 1. The quantitative estimate of drug-likeness (QED) is 0.801. The highest BCUT2D eigenvalue weighted by molar-refractivity contribution is 7.19. The topological polar surface area (TPSA) is 59.8 Å². The number of hydrogen-bond acceptors (Lipinski definition) is 4. The lowest BCUT2D eigenvalue weighted by molar-refractivity contribution is -0.115. The molecule has 0 radical (unpaired) electrons. The number of thiazole rings is 1. The minimum Gasteiger partial charge on any atom is -0.340 e. The molecule has 3 rings (SSSR count). The first kappa shape index (κ1) is 14.5. The lowest BCUT2D eigenvalue weighted by Crippen LogP contribution is -2.08. The number of benzene rings is 1. The number of aromatic nitrogens is 3. The fraction of sp³-hybridized carbons (Fsp3) is 0.188. The van der Waals surface area contributed by atoms with Crippen molar-refractivity contribution in [2.45, 2.75) is 13.3 Å². The lowest BCUT2D eigenvalue weighted by Gasteiger charge is -1.99. The largest absolute Gasteiger partial charge is 0.340 e. The molecule has 0 bridgehead atoms. The Labute approximate surface area is 132 Å². The van der Waals surface area contributed by atoms with Crippen molar-refractivity contribution < 1.29 is 4.79 Å². The summed E-state index contributed by atoms with van der Waals surface area (Å²) in [5, 5.41) is 3.44. The number of nitrogens with one attached hydrogen (secondary N) is 1. The van der Waals surface area contributed by atoms with Crippen molar-refractivity contribution in [1.29, 1.82) is 0 Å². The Hall–Kier alpha value is -2.47. The van der Waals surface area contributed by atoms with Gasteiger partial charge in [0, 0.05) is 25.2 Å². The number of carbonyl (C=O) groups excluding carboxylic acids is 1. The van der Waals surface area contributed by atoms with Gasteiger partial charge < -0.3 is 9.88 Å². The fourth-order valence-electron chi connectivity index (χ4n) is 2.08. The van der Waals surface area contributed by atoms with Crippen molar-refractivity contribution in [2.24, 2.45) is 7.05 Å². The molecule has 1 aromatic carbocycles. The molecule has 1 amide bonds. The molecule has 5 nitrogen and oxygen atoms in total. The molecule has 2 heterocycles. The van der Waals surface area contributed by atoms with Crippen LogP contribution >= 0.6 is 11.3 Å². The lowest BCUT2D eigenvalue weighted by atomic mass is 10.1. The third-order valence-electron chi connectivity index (χ3n) is 3.18. The highest BCUT2D eigenvalue weighted by Crippen LogP contribution is 2.38. The maximum absolute atomic E-state index is 11.6. The zero-order valence-corrected chi connectivity index (χ0v) is 13.2. The van der Waals surface area contributed by atoms with Gasteiger partial charge in [-0.1, -0.05) is 48.6 Å². The molecular formula is C16H16N4OS. The van der Waals surface area contributed by atoms with Crippen LogP contribution in [0.5, 0.6) is 0 Å². The highest BCUT2D eigenvalue weighted by atomic mass is 32.1. The molecule has 0 fully saturated rings. The second kappa shape index (κ2) is 6.11. The SMILES string of the molecule is CCC(=O)Nc1nc(-c2ccccc2)c(-c2cn(C)cn2)s1. The number of nitrogens with zero attached hydrogens (tertiary/aromatic N) is 3. The predicted molar refractivity (Wildman–Crippen MR) is 88.7 cm³/mol. The van der Waals surface area contributed by atoms with E-state index >= 15 is 0 Å². The average molecular weight is 312 g/mol. The van der Waals surface area contributed by atoms with Crippen molar-refractivity contribution >= 4 is 22.4 Å². The molecule has 0 aliphatic rings. The first-order valence-electron chi connectivity index (χ1n) is 7.02. The third kappa shape index (κ3) is 2.92. The Kier molecular flexibility index (Phi) is 4.02. The zero-order valence-electron chi connectivity index (χ0n) is 12.4. The van der Waals surface area contributed by atoms with Gasteiger partial charge in [-0.15, -0.1) is 0 Å². The summed E-state index contributed by atoms with van der Waals surface area (Å²) in [6.07, 6.45) is 4.14. The summed E-state index contributed by atoms with van der Waals surface area (Å²) >= 11 is 1.45. The van der Waals surface area contributed by atoms with Crippen LogP contribution in [0.2, 0.25) is 0 Å². The minimum atomic E-state index is -0.0408. The van der Waals surface area contributed by atoms with E-state index < -0.39 is 0 Å². The number of aryl methyl sites for hydroxylation is 1. The normalized spacial score (nSPS) is 10.6. The molecule has 0 saturated carbocycles. The van der Waals surface area contributed by atoms with Gasteiger partial charge in [0.15, 0.2) is 5.13 Å². The molecule has 0 aliphatic carbocycles. The second-order valence-corrected chi connectivity index (χ2v) is 5.89. The van der Waals surface area contributed by atoms with Crippen molar-refractivity contribution in [1.82, 2.24) is 14.5 Å². The molecule has 6 heteroatoms. The van der Waals surface area contributed by atoms with Crippen LogP contribution in [0.4, 0.5) is 5.13 Å². The zero-order chi connectivity index (χ0) is 15.5. The fourth-order valence-corrected chi connectivity index (χ4v) is 3.04. The molecule has 3 aromatic rings. The standard InChI is InChI=1S/C16H16N4OS/c1-3-13(21)18-16-19-14(11-7-5-4-6-8-11)15(22-16)12-9-20(2)10-17-12/h4-10H,3H2,1-2H3,(H,18,19,21). The van der Waals surface area contributed by atoms with Crippen LogP contribution < -0.4 is 5.32 Å². The van der Waals surface area contributed by atoms with E-state index in [-0.39, 0.29) is 5.91 Å². The van der Waals surface area contributed by atoms with Gasteiger partial charge in [0.05, 0.1) is 16.9 Å². The Morgan fingerprint density at radius 1 is 1.32 bits per heavy atom. The molecule has 0 saturated heterocycles. The van der Waals surface area contributed by atoms with Crippen molar-refractivity contribution in [2.75, 3.05) is 5.32 Å².